The number of rotatable bonds is 5. The molecule has 3 N–H and O–H groups in total. The van der Waals surface area contributed by atoms with Crippen LogP contribution in [0.5, 0.6) is 0 Å². The molecule has 0 aromatic rings. The molecule has 2 unspecified atom stereocenters. The van der Waals surface area contributed by atoms with Crippen LogP contribution in [0.15, 0.2) is 0 Å². The number of hydrogen-bond acceptors (Lipinski definition) is 4. The molecule has 0 fully saturated rings. The lowest BCUT2D eigenvalue weighted by Crippen LogP contribution is -2.51. The Balaban J connectivity index is 4.16. The monoisotopic (exact) mass is 233 g/mol. The van der Waals surface area contributed by atoms with E-state index in [4.69, 9.17) is 10.2 Å². The molecule has 3 nitrogen and oxygen atoms in total. The molecular weight excluding hydrogens is 219 g/mol. The average Bonchev–Trinajstić information content (AvgIpc) is 2.01. The molecule has 0 rings (SSSR count). The molecule has 0 aromatic heterocycles. The standard InChI is InChI=1S/C7H14F3NO2S/c1-4(7(8,9)10)11-5(3-14-2)6(12)13/h4-6,11-13H,3H2,1-2H3. The minimum Gasteiger partial charge on any atom is -0.367 e. The quantitative estimate of drug-likeness (QED) is 0.608. The van der Waals surface area contributed by atoms with Crippen molar-refractivity contribution in [2.45, 2.75) is 31.5 Å². The van der Waals surface area contributed by atoms with Crippen LogP contribution >= 0.6 is 11.8 Å². The molecule has 0 aliphatic carbocycles. The molecule has 0 saturated carbocycles. The van der Waals surface area contributed by atoms with Crippen molar-refractivity contribution in [2.24, 2.45) is 0 Å². The van der Waals surface area contributed by atoms with Crippen LogP contribution in [-0.4, -0.2) is 46.8 Å². The van der Waals surface area contributed by atoms with Crippen LogP contribution in [0, 0.1) is 0 Å². The molecular formula is C7H14F3NO2S. The van der Waals surface area contributed by atoms with Gasteiger partial charge in [-0.1, -0.05) is 0 Å². The highest BCUT2D eigenvalue weighted by atomic mass is 32.2. The molecule has 0 bridgehead atoms. The molecule has 0 heterocycles. The van der Waals surface area contributed by atoms with Crippen LogP contribution < -0.4 is 5.32 Å². The molecule has 0 aliphatic heterocycles. The van der Waals surface area contributed by atoms with Crippen molar-refractivity contribution >= 4 is 11.8 Å². The Morgan fingerprint density at radius 1 is 1.36 bits per heavy atom. The second kappa shape index (κ2) is 5.79. The van der Waals surface area contributed by atoms with Gasteiger partial charge in [0.25, 0.3) is 0 Å². The largest absolute Gasteiger partial charge is 0.403 e. The lowest BCUT2D eigenvalue weighted by molar-refractivity contribution is -0.159. The number of alkyl halides is 3. The van der Waals surface area contributed by atoms with Crippen LogP contribution in [0.25, 0.3) is 0 Å². The summed E-state index contributed by atoms with van der Waals surface area (Å²) in [5, 5.41) is 19.7. The highest BCUT2D eigenvalue weighted by Gasteiger charge is 2.37. The third kappa shape index (κ3) is 5.04. The van der Waals surface area contributed by atoms with Crippen molar-refractivity contribution in [3.05, 3.63) is 0 Å². The first-order valence-corrected chi connectivity index (χ1v) is 5.36. The van der Waals surface area contributed by atoms with E-state index in [1.54, 1.807) is 6.26 Å². The molecule has 0 radical (unpaired) electrons. The minimum atomic E-state index is -4.37. The van der Waals surface area contributed by atoms with Gasteiger partial charge in [-0.25, -0.2) is 0 Å². The van der Waals surface area contributed by atoms with Gasteiger partial charge < -0.3 is 10.2 Å². The van der Waals surface area contributed by atoms with Crippen LogP contribution in [0.3, 0.4) is 0 Å². The van der Waals surface area contributed by atoms with Crippen LogP contribution in [-0.2, 0) is 0 Å². The highest BCUT2D eigenvalue weighted by Crippen LogP contribution is 2.20. The maximum Gasteiger partial charge on any atom is 0.403 e. The first-order chi connectivity index (χ1) is 6.29. The smallest absolute Gasteiger partial charge is 0.367 e. The number of thioether (sulfide) groups is 1. The van der Waals surface area contributed by atoms with Crippen LogP contribution in [0.1, 0.15) is 6.92 Å². The van der Waals surface area contributed by atoms with Crippen LogP contribution in [0.4, 0.5) is 13.2 Å². The maximum absolute atomic E-state index is 12.1. The summed E-state index contributed by atoms with van der Waals surface area (Å²) in [5.41, 5.74) is 0. The summed E-state index contributed by atoms with van der Waals surface area (Å²) in [5.74, 6) is 0.206. The summed E-state index contributed by atoms with van der Waals surface area (Å²) in [6, 6.07) is -2.72. The molecule has 86 valence electrons. The summed E-state index contributed by atoms with van der Waals surface area (Å²) in [6.45, 7) is 0.940. The van der Waals surface area contributed by atoms with E-state index in [0.29, 0.717) is 0 Å². The molecule has 0 spiro atoms. The van der Waals surface area contributed by atoms with Crippen molar-refractivity contribution in [3.8, 4) is 0 Å². The second-order valence-electron chi connectivity index (χ2n) is 2.91. The number of halogens is 3. The van der Waals surface area contributed by atoms with Gasteiger partial charge in [0.05, 0.1) is 6.04 Å². The van der Waals surface area contributed by atoms with E-state index < -0.39 is 24.6 Å². The van der Waals surface area contributed by atoms with Crippen molar-refractivity contribution in [1.29, 1.82) is 0 Å². The van der Waals surface area contributed by atoms with Crippen molar-refractivity contribution in [1.82, 2.24) is 5.32 Å². The number of aliphatic hydroxyl groups is 2. The predicted octanol–water partition coefficient (Wildman–Crippen LogP) is 0.569. The maximum atomic E-state index is 12.1. The van der Waals surface area contributed by atoms with Gasteiger partial charge in [0.2, 0.25) is 0 Å². The van der Waals surface area contributed by atoms with E-state index in [1.165, 1.54) is 11.8 Å². The van der Waals surface area contributed by atoms with Crippen molar-refractivity contribution in [2.75, 3.05) is 12.0 Å². The van der Waals surface area contributed by atoms with E-state index in [9.17, 15) is 13.2 Å². The topological polar surface area (TPSA) is 52.5 Å². The first-order valence-electron chi connectivity index (χ1n) is 3.97. The predicted molar refractivity (Wildman–Crippen MR) is 49.0 cm³/mol. The highest BCUT2D eigenvalue weighted by molar-refractivity contribution is 7.98. The number of aliphatic hydroxyl groups excluding tert-OH is 1. The van der Waals surface area contributed by atoms with Gasteiger partial charge in [-0.2, -0.15) is 24.9 Å². The van der Waals surface area contributed by atoms with Gasteiger partial charge in [-0.15, -0.1) is 0 Å². The molecule has 2 atom stereocenters. The summed E-state index contributed by atoms with van der Waals surface area (Å²) in [4.78, 5) is 0. The van der Waals surface area contributed by atoms with E-state index in [-0.39, 0.29) is 5.75 Å². The lowest BCUT2D eigenvalue weighted by Gasteiger charge is -2.25. The summed E-state index contributed by atoms with van der Waals surface area (Å²) in [7, 11) is 0. The summed E-state index contributed by atoms with van der Waals surface area (Å²) >= 11 is 1.24. The number of nitrogens with one attached hydrogen (secondary N) is 1. The van der Waals surface area contributed by atoms with Gasteiger partial charge in [0.1, 0.15) is 6.04 Å². The molecule has 14 heavy (non-hydrogen) atoms. The molecule has 0 aliphatic rings. The van der Waals surface area contributed by atoms with Crippen LogP contribution in [0.2, 0.25) is 0 Å². The Hall–Kier alpha value is 0.0200. The second-order valence-corrected chi connectivity index (χ2v) is 3.82. The summed E-state index contributed by atoms with van der Waals surface area (Å²) < 4.78 is 36.2. The van der Waals surface area contributed by atoms with Gasteiger partial charge in [0.15, 0.2) is 6.29 Å². The average molecular weight is 233 g/mol. The molecule has 0 saturated heterocycles. The Morgan fingerprint density at radius 2 is 1.86 bits per heavy atom. The van der Waals surface area contributed by atoms with E-state index in [1.807, 2.05) is 0 Å². The van der Waals surface area contributed by atoms with Gasteiger partial charge in [-0.05, 0) is 13.2 Å². The fourth-order valence-electron chi connectivity index (χ4n) is 0.815. The Kier molecular flexibility index (Phi) is 5.80. The minimum absolute atomic E-state index is 0.206. The normalized spacial score (nSPS) is 17.1. The zero-order valence-electron chi connectivity index (χ0n) is 7.88. The van der Waals surface area contributed by atoms with E-state index in [2.05, 4.69) is 5.32 Å². The van der Waals surface area contributed by atoms with Gasteiger partial charge in [0, 0.05) is 5.75 Å². The molecule has 0 aromatic carbocycles. The number of hydrogen-bond donors (Lipinski definition) is 3. The van der Waals surface area contributed by atoms with E-state index in [0.717, 1.165) is 6.92 Å². The fraction of sp³-hybridized carbons (Fsp3) is 1.00. The van der Waals surface area contributed by atoms with Gasteiger partial charge in [-0.3, -0.25) is 5.32 Å². The van der Waals surface area contributed by atoms with E-state index >= 15 is 0 Å². The Bertz CT molecular complexity index is 166. The third-order valence-corrected chi connectivity index (χ3v) is 2.35. The molecule has 7 heteroatoms. The lowest BCUT2D eigenvalue weighted by atomic mass is 10.2. The summed E-state index contributed by atoms with van der Waals surface area (Å²) in [6.07, 6.45) is -4.48. The van der Waals surface area contributed by atoms with Crippen molar-refractivity contribution < 1.29 is 23.4 Å². The zero-order chi connectivity index (χ0) is 11.4. The Labute approximate surface area is 84.7 Å². The third-order valence-electron chi connectivity index (χ3n) is 1.66. The first kappa shape index (κ1) is 14.0. The van der Waals surface area contributed by atoms with Crippen molar-refractivity contribution in [3.63, 3.8) is 0 Å². The molecule has 0 amide bonds. The van der Waals surface area contributed by atoms with Gasteiger partial charge >= 0.3 is 6.18 Å². The SMILES string of the molecule is CSCC(NC(C)C(F)(F)F)C(O)O. The zero-order valence-corrected chi connectivity index (χ0v) is 8.69. The fourth-order valence-corrected chi connectivity index (χ4v) is 1.44. The Morgan fingerprint density at radius 3 is 2.14 bits per heavy atom.